The zero-order valence-corrected chi connectivity index (χ0v) is 15.1. The third kappa shape index (κ3) is 3.01. The Hall–Kier alpha value is -0.0600. The fraction of sp³-hybridized carbons (Fsp3) is 0.588. The van der Waals surface area contributed by atoms with Crippen LogP contribution in [0.4, 0.5) is 0 Å². The van der Waals surface area contributed by atoms with Gasteiger partial charge in [0.25, 0.3) is 0 Å². The topological polar surface area (TPSA) is 0 Å². The Kier molecular flexibility index (Phi) is 5.14. The lowest BCUT2D eigenvalue weighted by Gasteiger charge is -2.52. The normalized spacial score (nSPS) is 13.7. The first kappa shape index (κ1) is 17.0. The number of hydrogen-bond donors (Lipinski definition) is 0. The zero-order valence-electron chi connectivity index (χ0n) is 13.4. The van der Waals surface area contributed by atoms with Gasteiger partial charge in [-0.05, 0) is 65.7 Å². The van der Waals surface area contributed by atoms with Crippen LogP contribution in [-0.2, 0) is 6.42 Å². The SMILES string of the molecule is CCc1ccc([P+]([CH-]Cl)(C(C)(C)C)C(C)(C)C)cc1. The molecule has 0 aliphatic rings. The molecule has 0 aliphatic heterocycles. The molecule has 19 heavy (non-hydrogen) atoms. The summed E-state index contributed by atoms with van der Waals surface area (Å²) in [6.07, 6.45) is 1.08. The van der Waals surface area contributed by atoms with Crippen LogP contribution in [0.25, 0.3) is 0 Å². The van der Waals surface area contributed by atoms with E-state index in [1.807, 2.05) is 5.62 Å². The third-order valence-electron chi connectivity index (χ3n) is 4.01. The van der Waals surface area contributed by atoms with E-state index < -0.39 is 7.26 Å². The van der Waals surface area contributed by atoms with Crippen molar-refractivity contribution in [2.75, 3.05) is 0 Å². The molecule has 2 heteroatoms. The van der Waals surface area contributed by atoms with E-state index in [1.165, 1.54) is 10.9 Å². The average molecular weight is 299 g/mol. The van der Waals surface area contributed by atoms with Gasteiger partial charge in [-0.3, -0.25) is 0 Å². The highest BCUT2D eigenvalue weighted by atomic mass is 35.5. The van der Waals surface area contributed by atoms with Crippen molar-refractivity contribution < 1.29 is 0 Å². The summed E-state index contributed by atoms with van der Waals surface area (Å²) in [4.78, 5) is 0. The van der Waals surface area contributed by atoms with Gasteiger partial charge in [0.2, 0.25) is 0 Å². The molecule has 1 aromatic rings. The Morgan fingerprint density at radius 3 is 1.63 bits per heavy atom. The molecule has 0 aromatic heterocycles. The molecule has 0 unspecified atom stereocenters. The summed E-state index contributed by atoms with van der Waals surface area (Å²) in [6, 6.07) is 9.09. The first-order chi connectivity index (χ1) is 8.60. The highest BCUT2D eigenvalue weighted by Crippen LogP contribution is 2.78. The molecule has 1 rings (SSSR count). The molecule has 0 spiro atoms. The van der Waals surface area contributed by atoms with Crippen molar-refractivity contribution in [2.45, 2.75) is 65.2 Å². The predicted molar refractivity (Wildman–Crippen MR) is 92.0 cm³/mol. The largest absolute Gasteiger partial charge is 0.304 e. The van der Waals surface area contributed by atoms with Crippen molar-refractivity contribution in [3.05, 3.63) is 35.5 Å². The molecule has 0 fully saturated rings. The molecule has 0 saturated heterocycles. The predicted octanol–water partition coefficient (Wildman–Crippen LogP) is 5.85. The van der Waals surface area contributed by atoms with Crippen LogP contribution in [0.2, 0.25) is 0 Å². The third-order valence-corrected chi connectivity index (χ3v) is 10.5. The van der Waals surface area contributed by atoms with E-state index in [0.717, 1.165) is 6.42 Å². The van der Waals surface area contributed by atoms with Gasteiger partial charge in [-0.15, -0.1) is 0 Å². The summed E-state index contributed by atoms with van der Waals surface area (Å²) < 4.78 is 0. The van der Waals surface area contributed by atoms with E-state index in [-0.39, 0.29) is 10.3 Å². The van der Waals surface area contributed by atoms with Gasteiger partial charge < -0.3 is 11.6 Å². The van der Waals surface area contributed by atoms with E-state index in [1.54, 1.807) is 0 Å². The summed E-state index contributed by atoms with van der Waals surface area (Å²) in [6.45, 7) is 16.1. The minimum Gasteiger partial charge on any atom is -0.304 e. The van der Waals surface area contributed by atoms with E-state index >= 15 is 0 Å². The fourth-order valence-corrected chi connectivity index (χ4v) is 10.1. The van der Waals surface area contributed by atoms with Crippen molar-refractivity contribution in [1.29, 1.82) is 0 Å². The second-order valence-corrected chi connectivity index (χ2v) is 12.6. The maximum absolute atomic E-state index is 6.43. The summed E-state index contributed by atoms with van der Waals surface area (Å²) in [5.74, 6) is 0. The van der Waals surface area contributed by atoms with Crippen molar-refractivity contribution >= 4 is 24.2 Å². The highest BCUT2D eigenvalue weighted by Gasteiger charge is 2.51. The smallest absolute Gasteiger partial charge is 0.0669 e. The number of hydrogen-bond acceptors (Lipinski definition) is 0. The molecular weight excluding hydrogens is 271 g/mol. The van der Waals surface area contributed by atoms with E-state index in [9.17, 15) is 0 Å². The van der Waals surface area contributed by atoms with Crippen LogP contribution in [-0.4, -0.2) is 10.3 Å². The quantitative estimate of drug-likeness (QED) is 0.485. The molecule has 108 valence electrons. The van der Waals surface area contributed by atoms with Gasteiger partial charge in [-0.2, -0.15) is 0 Å². The van der Waals surface area contributed by atoms with Crippen LogP contribution in [0.15, 0.2) is 24.3 Å². The van der Waals surface area contributed by atoms with Gasteiger partial charge in [0, 0.05) is 0 Å². The van der Waals surface area contributed by atoms with Gasteiger partial charge in [0.05, 0.1) is 15.6 Å². The number of benzene rings is 1. The summed E-state index contributed by atoms with van der Waals surface area (Å²) >= 11 is 6.43. The van der Waals surface area contributed by atoms with Gasteiger partial charge in [-0.25, -0.2) is 0 Å². The molecule has 0 aliphatic carbocycles. The number of aryl methyl sites for hydroxylation is 1. The molecular formula is C17H28ClP. The van der Waals surface area contributed by atoms with Gasteiger partial charge in [0.15, 0.2) is 0 Å². The van der Waals surface area contributed by atoms with Crippen LogP contribution in [0.5, 0.6) is 0 Å². The highest BCUT2D eigenvalue weighted by molar-refractivity contribution is 7.88. The molecule has 0 amide bonds. The van der Waals surface area contributed by atoms with E-state index in [4.69, 9.17) is 11.6 Å². The lowest BCUT2D eigenvalue weighted by atomic mass is 10.2. The Morgan fingerprint density at radius 1 is 0.947 bits per heavy atom. The summed E-state index contributed by atoms with van der Waals surface area (Å²) in [7, 11) is -1.59. The first-order valence-corrected chi connectivity index (χ1v) is 9.32. The average Bonchev–Trinajstić information content (AvgIpc) is 2.27. The van der Waals surface area contributed by atoms with Gasteiger partial charge in [0.1, 0.15) is 0 Å². The Balaban J connectivity index is 3.46. The molecule has 0 saturated carbocycles. The van der Waals surface area contributed by atoms with Crippen molar-refractivity contribution in [1.82, 2.24) is 0 Å². The van der Waals surface area contributed by atoms with E-state index in [0.29, 0.717) is 0 Å². The van der Waals surface area contributed by atoms with Crippen LogP contribution < -0.4 is 5.30 Å². The minimum atomic E-state index is -1.59. The lowest BCUT2D eigenvalue weighted by molar-refractivity contribution is 0.701. The molecule has 0 radical (unpaired) electrons. The number of rotatable bonds is 3. The Morgan fingerprint density at radius 2 is 1.37 bits per heavy atom. The lowest BCUT2D eigenvalue weighted by Crippen LogP contribution is -2.39. The van der Waals surface area contributed by atoms with Crippen molar-refractivity contribution in [2.24, 2.45) is 0 Å². The van der Waals surface area contributed by atoms with Crippen LogP contribution in [0.1, 0.15) is 54.0 Å². The van der Waals surface area contributed by atoms with Gasteiger partial charge in [-0.1, -0.05) is 31.9 Å². The number of halogens is 1. The van der Waals surface area contributed by atoms with Crippen molar-refractivity contribution in [3.63, 3.8) is 0 Å². The fourth-order valence-electron chi connectivity index (χ4n) is 3.10. The van der Waals surface area contributed by atoms with Crippen LogP contribution in [0.3, 0.4) is 0 Å². The second-order valence-electron chi connectivity index (χ2n) is 7.18. The molecule has 0 N–H and O–H groups in total. The van der Waals surface area contributed by atoms with Crippen LogP contribution >= 0.6 is 18.9 Å². The maximum atomic E-state index is 6.43. The molecule has 0 nitrogen and oxygen atoms in total. The Bertz CT molecular complexity index is 392. The van der Waals surface area contributed by atoms with Crippen LogP contribution in [0, 0.1) is 5.62 Å². The zero-order chi connectivity index (χ0) is 14.9. The molecule has 0 bridgehead atoms. The van der Waals surface area contributed by atoms with Crippen molar-refractivity contribution in [3.8, 4) is 0 Å². The monoisotopic (exact) mass is 298 g/mol. The molecule has 0 atom stereocenters. The summed E-state index contributed by atoms with van der Waals surface area (Å²) in [5.41, 5.74) is 3.38. The van der Waals surface area contributed by atoms with E-state index in [2.05, 4.69) is 72.7 Å². The minimum absolute atomic E-state index is 0.167. The molecule has 0 heterocycles. The first-order valence-electron chi connectivity index (χ1n) is 7.03. The maximum Gasteiger partial charge on any atom is 0.0669 e. The Labute approximate surface area is 125 Å². The van der Waals surface area contributed by atoms with Gasteiger partial charge >= 0.3 is 0 Å². The standard InChI is InChI=1S/C17H28ClP/c1-8-14-9-11-15(12-10-14)19(13-18,16(2,3)4)17(5,6)7/h9-13H,8H2,1-7H3. The summed E-state index contributed by atoms with van der Waals surface area (Å²) in [5, 5.41) is 1.75. The second kappa shape index (κ2) is 5.74. The molecule has 1 aromatic carbocycles.